The normalized spacial score (nSPS) is 14.8. The number of hydrogen-bond acceptors (Lipinski definition) is 5. The third-order valence-corrected chi connectivity index (χ3v) is 4.13. The van der Waals surface area contributed by atoms with E-state index in [4.69, 9.17) is 6.42 Å². The van der Waals surface area contributed by atoms with Gasteiger partial charge >= 0.3 is 0 Å². The van der Waals surface area contributed by atoms with Gasteiger partial charge in [-0.25, -0.2) is 4.98 Å². The monoisotopic (exact) mass is 320 g/mol. The molecule has 122 valence electrons. The number of terminal acetylenes is 1. The second-order valence-electron chi connectivity index (χ2n) is 5.80. The number of pyridine rings is 2. The fourth-order valence-electron chi connectivity index (χ4n) is 2.78. The molecule has 1 saturated heterocycles. The van der Waals surface area contributed by atoms with Crippen molar-refractivity contribution in [3.63, 3.8) is 0 Å². The largest absolute Gasteiger partial charge is 0.355 e. The molecule has 0 spiro atoms. The van der Waals surface area contributed by atoms with Crippen molar-refractivity contribution in [2.24, 2.45) is 0 Å². The topological polar surface area (TPSA) is 58.1 Å². The third kappa shape index (κ3) is 3.44. The van der Waals surface area contributed by atoms with Gasteiger partial charge in [-0.1, -0.05) is 12.0 Å². The maximum atomic E-state index is 12.8. The van der Waals surface area contributed by atoms with Gasteiger partial charge in [0.15, 0.2) is 0 Å². The fraction of sp³-hybridized carbons (Fsp3) is 0.316. The van der Waals surface area contributed by atoms with E-state index in [-0.39, 0.29) is 5.78 Å². The minimum absolute atomic E-state index is 0.146. The molecular formula is C19H20N4O. The number of nitrogens with one attached hydrogen (secondary N) is 1. The van der Waals surface area contributed by atoms with Gasteiger partial charge in [0.25, 0.3) is 0 Å². The number of hydrogen-bond donors (Lipinski definition) is 1. The van der Waals surface area contributed by atoms with E-state index < -0.39 is 0 Å². The summed E-state index contributed by atoms with van der Waals surface area (Å²) in [7, 11) is 0. The van der Waals surface area contributed by atoms with Gasteiger partial charge in [0, 0.05) is 42.7 Å². The number of aryl methyl sites for hydroxylation is 1. The second kappa shape index (κ2) is 7.24. The van der Waals surface area contributed by atoms with Crippen molar-refractivity contribution >= 4 is 11.6 Å². The fourth-order valence-corrected chi connectivity index (χ4v) is 2.78. The number of rotatable bonds is 3. The van der Waals surface area contributed by atoms with E-state index >= 15 is 0 Å². The van der Waals surface area contributed by atoms with Crippen LogP contribution in [0.5, 0.6) is 0 Å². The molecular weight excluding hydrogens is 300 g/mol. The summed E-state index contributed by atoms with van der Waals surface area (Å²) in [5.74, 6) is 3.21. The molecule has 0 aromatic carbocycles. The molecule has 1 N–H and O–H groups in total. The van der Waals surface area contributed by atoms with E-state index in [1.807, 2.05) is 12.1 Å². The van der Waals surface area contributed by atoms with E-state index in [0.29, 0.717) is 22.5 Å². The molecule has 0 bridgehead atoms. The van der Waals surface area contributed by atoms with Crippen LogP contribution in [0.4, 0.5) is 5.82 Å². The lowest BCUT2D eigenvalue weighted by Crippen LogP contribution is -2.29. The molecule has 1 aliphatic rings. The predicted octanol–water partition coefficient (Wildman–Crippen LogP) is 1.80. The van der Waals surface area contributed by atoms with Crippen molar-refractivity contribution in [3.8, 4) is 12.3 Å². The third-order valence-electron chi connectivity index (χ3n) is 4.13. The number of nitrogens with zero attached hydrogens (tertiary/aromatic N) is 3. The smallest absolute Gasteiger partial charge is 0.213 e. The van der Waals surface area contributed by atoms with Crippen molar-refractivity contribution in [1.82, 2.24) is 15.3 Å². The van der Waals surface area contributed by atoms with Crippen molar-refractivity contribution in [2.45, 2.75) is 13.3 Å². The number of carbonyl (C=O) groups excluding carboxylic acids is 1. The quantitative estimate of drug-likeness (QED) is 0.690. The summed E-state index contributed by atoms with van der Waals surface area (Å²) < 4.78 is 0. The van der Waals surface area contributed by atoms with E-state index in [0.717, 1.165) is 38.4 Å². The van der Waals surface area contributed by atoms with Crippen LogP contribution in [0.25, 0.3) is 0 Å². The molecule has 3 heterocycles. The predicted molar refractivity (Wildman–Crippen MR) is 94.3 cm³/mol. The molecule has 0 radical (unpaired) electrons. The zero-order chi connectivity index (χ0) is 16.9. The summed E-state index contributed by atoms with van der Waals surface area (Å²) in [6.45, 7) is 5.56. The highest BCUT2D eigenvalue weighted by Gasteiger charge is 2.17. The SMILES string of the molecule is C#Cc1cnc(C)c(C(=O)c2cccc(N3CCCNCC3)n2)c1. The Balaban J connectivity index is 1.91. The molecule has 0 saturated carbocycles. The van der Waals surface area contributed by atoms with Crippen molar-refractivity contribution in [3.05, 3.63) is 53.0 Å². The zero-order valence-electron chi connectivity index (χ0n) is 13.7. The molecule has 0 atom stereocenters. The van der Waals surface area contributed by atoms with Gasteiger partial charge in [-0.05, 0) is 38.1 Å². The molecule has 5 heteroatoms. The van der Waals surface area contributed by atoms with Gasteiger partial charge in [-0.3, -0.25) is 9.78 Å². The lowest BCUT2D eigenvalue weighted by atomic mass is 10.0. The van der Waals surface area contributed by atoms with Crippen LogP contribution in [-0.2, 0) is 0 Å². The first kappa shape index (κ1) is 16.2. The first-order chi connectivity index (χ1) is 11.7. The van der Waals surface area contributed by atoms with E-state index in [1.54, 1.807) is 25.3 Å². The van der Waals surface area contributed by atoms with Crippen LogP contribution < -0.4 is 10.2 Å². The summed E-state index contributed by atoms with van der Waals surface area (Å²) in [4.78, 5) is 23.8. The Morgan fingerprint density at radius 1 is 1.33 bits per heavy atom. The number of aromatic nitrogens is 2. The summed E-state index contributed by atoms with van der Waals surface area (Å²) >= 11 is 0. The molecule has 0 amide bonds. The van der Waals surface area contributed by atoms with E-state index in [2.05, 4.69) is 26.1 Å². The first-order valence-corrected chi connectivity index (χ1v) is 8.10. The Hall–Kier alpha value is -2.71. The van der Waals surface area contributed by atoms with Crippen molar-refractivity contribution in [2.75, 3.05) is 31.1 Å². The average Bonchev–Trinajstić information content (AvgIpc) is 2.91. The van der Waals surface area contributed by atoms with Crippen LogP contribution in [0, 0.1) is 19.3 Å². The minimum atomic E-state index is -0.146. The standard InChI is InChI=1S/C19H20N4O/c1-3-15-12-16(14(2)21-13-15)19(24)17-6-4-7-18(22-17)23-10-5-8-20-9-11-23/h1,4,6-7,12-13,20H,5,8-11H2,2H3. The molecule has 5 nitrogen and oxygen atoms in total. The highest BCUT2D eigenvalue weighted by molar-refractivity contribution is 6.08. The van der Waals surface area contributed by atoms with Gasteiger partial charge in [0.05, 0.1) is 0 Å². The Labute approximate surface area is 142 Å². The van der Waals surface area contributed by atoms with Crippen LogP contribution in [-0.4, -0.2) is 41.9 Å². The molecule has 0 aliphatic carbocycles. The van der Waals surface area contributed by atoms with E-state index in [9.17, 15) is 4.79 Å². The maximum Gasteiger partial charge on any atom is 0.213 e. The van der Waals surface area contributed by atoms with Crippen LogP contribution in [0.1, 0.15) is 33.7 Å². The molecule has 2 aromatic heterocycles. The van der Waals surface area contributed by atoms with Gasteiger partial charge in [-0.15, -0.1) is 6.42 Å². The highest BCUT2D eigenvalue weighted by Crippen LogP contribution is 2.17. The average molecular weight is 320 g/mol. The van der Waals surface area contributed by atoms with E-state index in [1.165, 1.54) is 0 Å². The number of carbonyl (C=O) groups is 1. The number of anilines is 1. The molecule has 24 heavy (non-hydrogen) atoms. The van der Waals surface area contributed by atoms with Gasteiger partial charge in [0.1, 0.15) is 11.5 Å². The summed E-state index contributed by atoms with van der Waals surface area (Å²) in [6, 6.07) is 7.27. The molecule has 2 aromatic rings. The number of ketones is 1. The Morgan fingerprint density at radius 2 is 2.21 bits per heavy atom. The van der Waals surface area contributed by atoms with Gasteiger partial charge in [0.2, 0.25) is 5.78 Å². The van der Waals surface area contributed by atoms with Crippen LogP contribution in [0.15, 0.2) is 30.5 Å². The van der Waals surface area contributed by atoms with Crippen molar-refractivity contribution < 1.29 is 4.79 Å². The summed E-state index contributed by atoms with van der Waals surface area (Å²) in [5, 5.41) is 3.37. The maximum absolute atomic E-state index is 12.8. The Bertz CT molecular complexity index is 786. The molecule has 0 unspecified atom stereocenters. The Kier molecular flexibility index (Phi) is 4.88. The van der Waals surface area contributed by atoms with Crippen molar-refractivity contribution in [1.29, 1.82) is 0 Å². The lowest BCUT2D eigenvalue weighted by Gasteiger charge is -2.21. The van der Waals surface area contributed by atoms with Crippen LogP contribution in [0.3, 0.4) is 0 Å². The second-order valence-corrected chi connectivity index (χ2v) is 5.80. The Morgan fingerprint density at radius 3 is 3.04 bits per heavy atom. The molecule has 3 rings (SSSR count). The summed E-state index contributed by atoms with van der Waals surface area (Å²) in [5.41, 5.74) is 2.18. The molecule has 1 aliphatic heterocycles. The minimum Gasteiger partial charge on any atom is -0.355 e. The lowest BCUT2D eigenvalue weighted by molar-refractivity contribution is 0.103. The first-order valence-electron chi connectivity index (χ1n) is 8.10. The van der Waals surface area contributed by atoms with Gasteiger partial charge in [-0.2, -0.15) is 0 Å². The summed E-state index contributed by atoms with van der Waals surface area (Å²) in [6.07, 6.45) is 8.07. The molecule has 1 fully saturated rings. The van der Waals surface area contributed by atoms with Gasteiger partial charge < -0.3 is 10.2 Å². The highest BCUT2D eigenvalue weighted by atomic mass is 16.1. The van der Waals surface area contributed by atoms with Crippen LogP contribution in [0.2, 0.25) is 0 Å². The van der Waals surface area contributed by atoms with Crippen LogP contribution >= 0.6 is 0 Å². The zero-order valence-corrected chi connectivity index (χ0v) is 13.7.